The van der Waals surface area contributed by atoms with Gasteiger partial charge in [0.15, 0.2) is 0 Å². The van der Waals surface area contributed by atoms with Crippen LogP contribution in [-0.4, -0.2) is 39.6 Å². The fourth-order valence-corrected chi connectivity index (χ4v) is 2.95. The summed E-state index contributed by atoms with van der Waals surface area (Å²) in [6.45, 7) is 1.89. The summed E-state index contributed by atoms with van der Waals surface area (Å²) >= 11 is 1.45. The number of rotatable bonds is 3. The molecule has 1 fully saturated rings. The zero-order valence-corrected chi connectivity index (χ0v) is 10.2. The number of hydrogen-bond donors (Lipinski definition) is 1. The molecule has 1 saturated heterocycles. The van der Waals surface area contributed by atoms with Crippen LogP contribution in [0.2, 0.25) is 0 Å². The lowest BCUT2D eigenvalue weighted by molar-refractivity contribution is -0.140. The lowest BCUT2D eigenvalue weighted by atomic mass is 10.1. The van der Waals surface area contributed by atoms with Crippen molar-refractivity contribution in [2.75, 3.05) is 11.6 Å². The Labute approximate surface area is 103 Å². The smallest absolute Gasteiger partial charge is 0.327 e. The van der Waals surface area contributed by atoms with Gasteiger partial charge in [-0.2, -0.15) is 0 Å². The van der Waals surface area contributed by atoms with Gasteiger partial charge in [0, 0.05) is 12.2 Å². The van der Waals surface area contributed by atoms with E-state index in [1.807, 2.05) is 6.92 Å². The summed E-state index contributed by atoms with van der Waals surface area (Å²) in [7, 11) is 0. The number of thioether (sulfide) groups is 1. The van der Waals surface area contributed by atoms with E-state index in [0.717, 1.165) is 0 Å². The summed E-state index contributed by atoms with van der Waals surface area (Å²) in [5.41, 5.74) is 0.473. The molecule has 2 heterocycles. The number of aryl methyl sites for hydroxylation is 1. The Hall–Kier alpha value is -1.43. The van der Waals surface area contributed by atoms with Crippen LogP contribution < -0.4 is 0 Å². The predicted molar refractivity (Wildman–Crippen MR) is 63.0 cm³/mol. The minimum Gasteiger partial charge on any atom is -0.480 e. The molecular weight excluding hydrogens is 242 g/mol. The maximum atomic E-state index is 12.2. The molecule has 0 aromatic carbocycles. The fourth-order valence-electron chi connectivity index (χ4n) is 1.81. The number of carboxylic acid groups (broad SMARTS) is 1. The molecule has 5 nitrogen and oxygen atoms in total. The third kappa shape index (κ3) is 2.17. The number of carboxylic acids is 1. The molecule has 1 aliphatic heterocycles. The maximum absolute atomic E-state index is 12.2. The number of hydrogen-bond acceptors (Lipinski definition) is 4. The van der Waals surface area contributed by atoms with Crippen LogP contribution >= 0.6 is 11.8 Å². The lowest BCUT2D eigenvalue weighted by Crippen LogP contribution is -2.41. The van der Waals surface area contributed by atoms with E-state index in [-0.39, 0.29) is 5.91 Å². The zero-order valence-electron chi connectivity index (χ0n) is 9.38. The van der Waals surface area contributed by atoms with E-state index in [9.17, 15) is 9.59 Å². The number of carbonyl (C=O) groups is 2. The van der Waals surface area contributed by atoms with Gasteiger partial charge in [-0.3, -0.25) is 4.79 Å². The molecular formula is C11H13NO4S. The molecule has 1 aromatic heterocycles. The van der Waals surface area contributed by atoms with Gasteiger partial charge in [-0.05, 0) is 6.07 Å². The van der Waals surface area contributed by atoms with E-state index in [2.05, 4.69) is 0 Å². The topological polar surface area (TPSA) is 70.8 Å². The first-order valence-corrected chi connectivity index (χ1v) is 6.48. The second-order valence-electron chi connectivity index (χ2n) is 3.74. The van der Waals surface area contributed by atoms with Crippen molar-refractivity contribution in [3.63, 3.8) is 0 Å². The van der Waals surface area contributed by atoms with Crippen molar-refractivity contribution in [1.82, 2.24) is 4.90 Å². The second kappa shape index (κ2) is 4.83. The molecule has 17 heavy (non-hydrogen) atoms. The Balaban J connectivity index is 2.23. The van der Waals surface area contributed by atoms with Gasteiger partial charge in [-0.25, -0.2) is 4.79 Å². The van der Waals surface area contributed by atoms with Crippen molar-refractivity contribution in [2.45, 2.75) is 19.4 Å². The number of furan rings is 1. The van der Waals surface area contributed by atoms with Gasteiger partial charge in [-0.15, -0.1) is 11.8 Å². The van der Waals surface area contributed by atoms with Gasteiger partial charge in [0.2, 0.25) is 0 Å². The third-order valence-electron chi connectivity index (χ3n) is 2.73. The van der Waals surface area contributed by atoms with Crippen LogP contribution in [-0.2, 0) is 11.2 Å². The van der Waals surface area contributed by atoms with Crippen LogP contribution in [0.25, 0.3) is 0 Å². The number of aliphatic carboxylic acids is 1. The van der Waals surface area contributed by atoms with E-state index in [1.165, 1.54) is 22.9 Å². The van der Waals surface area contributed by atoms with Crippen molar-refractivity contribution in [2.24, 2.45) is 0 Å². The molecule has 1 aliphatic rings. The largest absolute Gasteiger partial charge is 0.480 e. The first-order valence-electron chi connectivity index (χ1n) is 5.33. The van der Waals surface area contributed by atoms with Crippen LogP contribution in [0.15, 0.2) is 16.7 Å². The Morgan fingerprint density at radius 3 is 3.06 bits per heavy atom. The molecule has 0 aliphatic carbocycles. The molecule has 0 spiro atoms. The Morgan fingerprint density at radius 2 is 2.41 bits per heavy atom. The van der Waals surface area contributed by atoms with Crippen LogP contribution in [0.1, 0.15) is 23.0 Å². The van der Waals surface area contributed by atoms with Crippen molar-refractivity contribution >= 4 is 23.6 Å². The SMILES string of the molecule is CCc1occc1C(=O)N1CSCC1C(=O)O. The van der Waals surface area contributed by atoms with Crippen LogP contribution in [0, 0.1) is 0 Å². The van der Waals surface area contributed by atoms with E-state index in [0.29, 0.717) is 29.4 Å². The maximum Gasteiger partial charge on any atom is 0.327 e. The van der Waals surface area contributed by atoms with Crippen LogP contribution in [0.3, 0.4) is 0 Å². The minimum absolute atomic E-state index is 0.256. The summed E-state index contributed by atoms with van der Waals surface area (Å²) in [5, 5.41) is 9.03. The predicted octanol–water partition coefficient (Wildman–Crippen LogP) is 1.44. The first kappa shape index (κ1) is 12.0. The van der Waals surface area contributed by atoms with E-state index in [4.69, 9.17) is 9.52 Å². The molecule has 0 saturated carbocycles. The van der Waals surface area contributed by atoms with E-state index in [1.54, 1.807) is 6.07 Å². The van der Waals surface area contributed by atoms with Crippen molar-refractivity contribution in [3.05, 3.63) is 23.7 Å². The van der Waals surface area contributed by atoms with Gasteiger partial charge in [0.05, 0.1) is 17.7 Å². The van der Waals surface area contributed by atoms with Crippen molar-refractivity contribution < 1.29 is 19.1 Å². The first-order chi connectivity index (χ1) is 8.15. The highest BCUT2D eigenvalue weighted by Gasteiger charge is 2.36. The molecule has 1 atom stereocenters. The van der Waals surface area contributed by atoms with Gasteiger partial charge in [0.1, 0.15) is 11.8 Å². The number of carbonyl (C=O) groups excluding carboxylic acids is 1. The van der Waals surface area contributed by atoms with Crippen molar-refractivity contribution in [1.29, 1.82) is 0 Å². The number of nitrogens with zero attached hydrogens (tertiary/aromatic N) is 1. The summed E-state index contributed by atoms with van der Waals surface area (Å²) in [4.78, 5) is 24.6. The molecule has 0 bridgehead atoms. The zero-order chi connectivity index (χ0) is 12.4. The highest BCUT2D eigenvalue weighted by molar-refractivity contribution is 7.99. The average molecular weight is 255 g/mol. The number of amides is 1. The molecule has 2 rings (SSSR count). The fraction of sp³-hybridized carbons (Fsp3) is 0.455. The average Bonchev–Trinajstić information content (AvgIpc) is 2.96. The molecule has 1 N–H and O–H groups in total. The Morgan fingerprint density at radius 1 is 1.65 bits per heavy atom. The minimum atomic E-state index is -0.954. The summed E-state index contributed by atoms with van der Waals surface area (Å²) in [6.07, 6.45) is 2.08. The van der Waals surface area contributed by atoms with E-state index < -0.39 is 12.0 Å². The molecule has 0 radical (unpaired) electrons. The standard InChI is InChI=1S/C11H13NO4S/c1-2-9-7(3-4-16-9)10(13)12-6-17-5-8(12)11(14)15/h3-4,8H,2,5-6H2,1H3,(H,14,15). The second-order valence-corrected chi connectivity index (χ2v) is 4.74. The molecule has 1 amide bonds. The summed E-state index contributed by atoms with van der Waals surface area (Å²) in [6, 6.07) is 0.871. The van der Waals surface area contributed by atoms with E-state index >= 15 is 0 Å². The highest BCUT2D eigenvalue weighted by atomic mass is 32.2. The summed E-state index contributed by atoms with van der Waals surface area (Å²) in [5.74, 6) is 0.263. The van der Waals surface area contributed by atoms with Gasteiger partial charge < -0.3 is 14.4 Å². The van der Waals surface area contributed by atoms with Gasteiger partial charge in [-0.1, -0.05) is 6.92 Å². The van der Waals surface area contributed by atoms with Crippen LogP contribution in [0.5, 0.6) is 0 Å². The normalized spacial score (nSPS) is 19.6. The van der Waals surface area contributed by atoms with Crippen LogP contribution in [0.4, 0.5) is 0 Å². The Bertz CT molecular complexity index is 442. The lowest BCUT2D eigenvalue weighted by Gasteiger charge is -2.20. The summed E-state index contributed by atoms with van der Waals surface area (Å²) < 4.78 is 5.19. The molecule has 1 aromatic rings. The Kier molecular flexibility index (Phi) is 3.42. The van der Waals surface area contributed by atoms with Gasteiger partial charge in [0.25, 0.3) is 5.91 Å². The molecule has 6 heteroatoms. The van der Waals surface area contributed by atoms with Crippen molar-refractivity contribution in [3.8, 4) is 0 Å². The van der Waals surface area contributed by atoms with Gasteiger partial charge >= 0.3 is 5.97 Å². The quantitative estimate of drug-likeness (QED) is 0.885. The monoisotopic (exact) mass is 255 g/mol. The molecule has 1 unspecified atom stereocenters. The highest BCUT2D eigenvalue weighted by Crippen LogP contribution is 2.24. The third-order valence-corrected chi connectivity index (χ3v) is 3.74. The molecule has 92 valence electrons.